The Hall–Kier alpha value is -3.79. The van der Waals surface area contributed by atoms with E-state index in [0.29, 0.717) is 19.4 Å². The van der Waals surface area contributed by atoms with Gasteiger partial charge in [0, 0.05) is 0 Å². The van der Waals surface area contributed by atoms with Crippen molar-refractivity contribution < 1.29 is 48.9 Å². The van der Waals surface area contributed by atoms with E-state index >= 15 is 0 Å². The number of aliphatic carboxylic acids is 3. The molecule has 0 aromatic heterocycles. The van der Waals surface area contributed by atoms with Gasteiger partial charge in [0.1, 0.15) is 18.1 Å². The topological polar surface area (TPSA) is 294 Å². The van der Waals surface area contributed by atoms with Crippen molar-refractivity contribution in [3.63, 3.8) is 0 Å². The summed E-state index contributed by atoms with van der Waals surface area (Å²) in [6.07, 6.45) is -1.43. The van der Waals surface area contributed by atoms with Crippen LogP contribution < -0.4 is 33.2 Å². The molecule has 12 N–H and O–H groups in total. The number of carbonyl (C=O) groups is 7. The summed E-state index contributed by atoms with van der Waals surface area (Å²) in [7, 11) is 0. The minimum absolute atomic E-state index is 0.220. The summed E-state index contributed by atoms with van der Waals surface area (Å²) in [5, 5.41) is 32.8. The lowest BCUT2D eigenvalue weighted by atomic mass is 10.1. The molecule has 4 unspecified atom stereocenters. The smallest absolute Gasteiger partial charge is 0.326 e. The third-order valence-electron chi connectivity index (χ3n) is 4.35. The van der Waals surface area contributed by atoms with Crippen molar-refractivity contribution in [2.45, 2.75) is 62.7 Å². The third kappa shape index (κ3) is 12.3. The monoisotopic (exact) mass is 490 g/mol. The number of carboxylic acid groups (broad SMARTS) is 3. The first-order chi connectivity index (χ1) is 15.8. The Balaban J connectivity index is 5.48. The average Bonchev–Trinajstić information content (AvgIpc) is 2.71. The minimum Gasteiger partial charge on any atom is -0.481 e. The largest absolute Gasteiger partial charge is 0.481 e. The van der Waals surface area contributed by atoms with Gasteiger partial charge in [0.05, 0.1) is 25.3 Å². The van der Waals surface area contributed by atoms with Gasteiger partial charge in [0.2, 0.25) is 23.6 Å². The number of hydrogen-bond acceptors (Lipinski definition) is 9. The van der Waals surface area contributed by atoms with Gasteiger partial charge in [0.15, 0.2) is 0 Å². The van der Waals surface area contributed by atoms with E-state index in [1.165, 1.54) is 0 Å². The molecule has 0 radical (unpaired) electrons. The SMILES string of the molecule is NCCCCC(N)C(=O)NC(CC(N)=O)C(=O)NC(CC(=O)O)C(=O)NC(CC(=O)O)C(=O)O. The standard InChI is InChI=1S/C18H30N6O10/c19-4-2-1-3-8(20)15(30)22-9(5-12(21)25)16(31)23-10(6-13(26)27)17(32)24-11(18(33)34)7-14(28)29/h8-11H,1-7,19-20H2,(H2,21,25)(H,22,30)(H,23,31)(H,24,32)(H,26,27)(H,28,29)(H,33,34). The van der Waals surface area contributed by atoms with Crippen LogP contribution in [0.2, 0.25) is 0 Å². The highest BCUT2D eigenvalue weighted by Gasteiger charge is 2.32. The fraction of sp³-hybridized carbons (Fsp3) is 0.611. The number of unbranched alkanes of at least 4 members (excludes halogenated alkanes) is 1. The van der Waals surface area contributed by atoms with E-state index in [9.17, 15) is 33.6 Å². The van der Waals surface area contributed by atoms with Gasteiger partial charge in [-0.05, 0) is 19.4 Å². The van der Waals surface area contributed by atoms with Crippen molar-refractivity contribution in [3.8, 4) is 0 Å². The van der Waals surface area contributed by atoms with Crippen LogP contribution in [0.25, 0.3) is 0 Å². The Bertz CT molecular complexity index is 789. The molecule has 0 saturated carbocycles. The second-order valence-electron chi connectivity index (χ2n) is 7.28. The van der Waals surface area contributed by atoms with Gasteiger partial charge in [-0.2, -0.15) is 0 Å². The lowest BCUT2D eigenvalue weighted by molar-refractivity contribution is -0.148. The molecule has 0 fully saturated rings. The van der Waals surface area contributed by atoms with Crippen LogP contribution in [0.15, 0.2) is 0 Å². The van der Waals surface area contributed by atoms with Crippen LogP contribution in [0, 0.1) is 0 Å². The zero-order chi connectivity index (χ0) is 26.4. The predicted octanol–water partition coefficient (Wildman–Crippen LogP) is -4.19. The maximum atomic E-state index is 12.6. The number of primary amides is 1. The highest BCUT2D eigenvalue weighted by Crippen LogP contribution is 2.03. The van der Waals surface area contributed by atoms with E-state index < -0.39 is 85.0 Å². The summed E-state index contributed by atoms with van der Waals surface area (Å²) >= 11 is 0. The molecule has 0 heterocycles. The molecule has 0 spiro atoms. The van der Waals surface area contributed by atoms with E-state index in [0.717, 1.165) is 0 Å². The van der Waals surface area contributed by atoms with Gasteiger partial charge in [0.25, 0.3) is 0 Å². The summed E-state index contributed by atoms with van der Waals surface area (Å²) in [6, 6.07) is -6.46. The molecule has 4 atom stereocenters. The van der Waals surface area contributed by atoms with Crippen LogP contribution in [0.4, 0.5) is 0 Å². The summed E-state index contributed by atoms with van der Waals surface area (Å²) in [6.45, 7) is 0.378. The first-order valence-electron chi connectivity index (χ1n) is 10.1. The highest BCUT2D eigenvalue weighted by atomic mass is 16.4. The molecule has 192 valence electrons. The van der Waals surface area contributed by atoms with E-state index in [4.69, 9.17) is 32.5 Å². The van der Waals surface area contributed by atoms with Crippen molar-refractivity contribution >= 4 is 41.5 Å². The van der Waals surface area contributed by atoms with Gasteiger partial charge in [-0.25, -0.2) is 4.79 Å². The van der Waals surface area contributed by atoms with Crippen molar-refractivity contribution in [1.29, 1.82) is 0 Å². The number of rotatable bonds is 17. The van der Waals surface area contributed by atoms with Crippen LogP contribution in [0.3, 0.4) is 0 Å². The maximum absolute atomic E-state index is 12.6. The first-order valence-corrected chi connectivity index (χ1v) is 10.1. The van der Waals surface area contributed by atoms with Gasteiger partial charge in [-0.1, -0.05) is 6.42 Å². The van der Waals surface area contributed by atoms with Crippen LogP contribution in [-0.4, -0.2) is 87.6 Å². The van der Waals surface area contributed by atoms with Gasteiger partial charge in [-0.3, -0.25) is 28.8 Å². The van der Waals surface area contributed by atoms with E-state index in [-0.39, 0.29) is 6.42 Å². The molecule has 0 saturated heterocycles. The average molecular weight is 490 g/mol. The molecule has 0 aromatic carbocycles. The lowest BCUT2D eigenvalue weighted by Crippen LogP contribution is -2.58. The van der Waals surface area contributed by atoms with Crippen LogP contribution >= 0.6 is 0 Å². The number of nitrogens with one attached hydrogen (secondary N) is 3. The van der Waals surface area contributed by atoms with Crippen LogP contribution in [0.1, 0.15) is 38.5 Å². The summed E-state index contributed by atoms with van der Waals surface area (Å²) in [4.78, 5) is 81.6. The van der Waals surface area contributed by atoms with Crippen molar-refractivity contribution in [2.24, 2.45) is 17.2 Å². The van der Waals surface area contributed by atoms with Crippen LogP contribution in [-0.2, 0) is 33.6 Å². The molecule has 0 aliphatic carbocycles. The second kappa shape index (κ2) is 15.1. The second-order valence-corrected chi connectivity index (χ2v) is 7.28. The number of hydrogen-bond donors (Lipinski definition) is 9. The quantitative estimate of drug-likeness (QED) is 0.0877. The number of carboxylic acids is 3. The Morgan fingerprint density at radius 3 is 1.56 bits per heavy atom. The fourth-order valence-corrected chi connectivity index (χ4v) is 2.63. The molecule has 0 rings (SSSR count). The number of nitrogens with two attached hydrogens (primary N) is 3. The first kappa shape index (κ1) is 30.2. The minimum atomic E-state index is -1.91. The molecule has 34 heavy (non-hydrogen) atoms. The number of amides is 4. The van der Waals surface area contributed by atoms with Gasteiger partial charge >= 0.3 is 17.9 Å². The fourth-order valence-electron chi connectivity index (χ4n) is 2.63. The summed E-state index contributed by atoms with van der Waals surface area (Å²) in [5.74, 6) is -9.14. The molecule has 0 bridgehead atoms. The van der Waals surface area contributed by atoms with Crippen molar-refractivity contribution in [2.75, 3.05) is 6.54 Å². The van der Waals surface area contributed by atoms with E-state index in [1.807, 2.05) is 10.6 Å². The van der Waals surface area contributed by atoms with Gasteiger partial charge in [-0.15, -0.1) is 0 Å². The number of carbonyl (C=O) groups excluding carboxylic acids is 4. The Morgan fingerprint density at radius 2 is 1.12 bits per heavy atom. The zero-order valence-electron chi connectivity index (χ0n) is 18.2. The third-order valence-corrected chi connectivity index (χ3v) is 4.35. The normalized spacial score (nSPS) is 14.1. The Kier molecular flexibility index (Phi) is 13.4. The van der Waals surface area contributed by atoms with E-state index in [1.54, 1.807) is 0 Å². The highest BCUT2D eigenvalue weighted by molar-refractivity contribution is 5.97. The predicted molar refractivity (Wildman–Crippen MR) is 113 cm³/mol. The van der Waals surface area contributed by atoms with E-state index in [2.05, 4.69) is 5.32 Å². The molecular weight excluding hydrogens is 460 g/mol. The maximum Gasteiger partial charge on any atom is 0.326 e. The molecule has 0 aliphatic heterocycles. The van der Waals surface area contributed by atoms with Crippen molar-refractivity contribution in [1.82, 2.24) is 16.0 Å². The Labute approximate surface area is 193 Å². The molecular formula is C18H30N6O10. The molecule has 16 heteroatoms. The summed E-state index contributed by atoms with van der Waals surface area (Å²) < 4.78 is 0. The molecule has 0 aliphatic rings. The summed E-state index contributed by atoms with van der Waals surface area (Å²) in [5.41, 5.74) is 16.2. The lowest BCUT2D eigenvalue weighted by Gasteiger charge is -2.24. The molecule has 16 nitrogen and oxygen atoms in total. The van der Waals surface area contributed by atoms with Crippen molar-refractivity contribution in [3.05, 3.63) is 0 Å². The molecule has 0 aromatic rings. The Morgan fingerprint density at radius 1 is 0.676 bits per heavy atom. The van der Waals surface area contributed by atoms with Gasteiger partial charge < -0.3 is 48.5 Å². The molecule has 4 amide bonds. The van der Waals surface area contributed by atoms with Crippen LogP contribution in [0.5, 0.6) is 0 Å². The zero-order valence-corrected chi connectivity index (χ0v) is 18.2.